The van der Waals surface area contributed by atoms with Gasteiger partial charge in [0, 0.05) is 17.5 Å². The quantitative estimate of drug-likeness (QED) is 0.856. The molecule has 2 N–H and O–H groups in total. The number of rotatable bonds is 3. The van der Waals surface area contributed by atoms with Gasteiger partial charge in [0.25, 0.3) is 0 Å². The highest BCUT2D eigenvalue weighted by Crippen LogP contribution is 2.26. The number of halogens is 1. The first kappa shape index (κ1) is 10.7. The van der Waals surface area contributed by atoms with E-state index in [9.17, 15) is 5.11 Å². The predicted octanol–water partition coefficient (Wildman–Crippen LogP) is 2.17. The second-order valence-corrected chi connectivity index (χ2v) is 3.91. The summed E-state index contributed by atoms with van der Waals surface area (Å²) >= 11 is 3.36. The van der Waals surface area contributed by atoms with Crippen molar-refractivity contribution >= 4 is 15.9 Å². The van der Waals surface area contributed by atoms with Crippen LogP contribution in [0.4, 0.5) is 0 Å². The van der Waals surface area contributed by atoms with Crippen LogP contribution in [-0.2, 0) is 0 Å². The van der Waals surface area contributed by atoms with Crippen molar-refractivity contribution in [3.05, 3.63) is 33.8 Å². The first-order valence-electron chi connectivity index (χ1n) is 4.20. The normalized spacial score (nSPS) is 12.9. The molecule has 0 saturated carbocycles. The van der Waals surface area contributed by atoms with Gasteiger partial charge in [0.2, 0.25) is 0 Å². The number of benzene rings is 1. The number of aliphatic hydroxyl groups excluding tert-OH is 2. The van der Waals surface area contributed by atoms with Crippen LogP contribution < -0.4 is 0 Å². The molecule has 0 heterocycles. The lowest BCUT2D eigenvalue weighted by Crippen LogP contribution is -2.01. The summed E-state index contributed by atoms with van der Waals surface area (Å²) in [5, 5.41) is 18.3. The van der Waals surface area contributed by atoms with E-state index in [1.54, 1.807) is 0 Å². The van der Waals surface area contributed by atoms with Crippen LogP contribution in [0.25, 0.3) is 0 Å². The minimum atomic E-state index is -0.584. The van der Waals surface area contributed by atoms with Crippen molar-refractivity contribution in [2.45, 2.75) is 19.4 Å². The summed E-state index contributed by atoms with van der Waals surface area (Å²) < 4.78 is 0.888. The monoisotopic (exact) mass is 244 g/mol. The maximum absolute atomic E-state index is 9.64. The first-order valence-corrected chi connectivity index (χ1v) is 4.99. The van der Waals surface area contributed by atoms with E-state index in [0.29, 0.717) is 6.42 Å². The fourth-order valence-electron chi connectivity index (χ4n) is 1.20. The molecule has 0 aliphatic rings. The standard InChI is InChI=1S/C10H13BrO2/c1-7-2-3-9(11)8(6-7)10(13)4-5-12/h2-3,6,10,12-13H,4-5H2,1H3. The van der Waals surface area contributed by atoms with Gasteiger partial charge in [0.15, 0.2) is 0 Å². The van der Waals surface area contributed by atoms with Gasteiger partial charge in [-0.2, -0.15) is 0 Å². The molecule has 2 nitrogen and oxygen atoms in total. The molecule has 0 amide bonds. The maximum atomic E-state index is 9.64. The number of hydrogen-bond acceptors (Lipinski definition) is 2. The van der Waals surface area contributed by atoms with Gasteiger partial charge in [0.1, 0.15) is 0 Å². The van der Waals surface area contributed by atoms with Gasteiger partial charge in [-0.15, -0.1) is 0 Å². The third-order valence-electron chi connectivity index (χ3n) is 1.91. The van der Waals surface area contributed by atoms with Crippen LogP contribution in [0.2, 0.25) is 0 Å². The Labute approximate surface area is 86.3 Å². The van der Waals surface area contributed by atoms with Gasteiger partial charge in [0.05, 0.1) is 6.10 Å². The highest BCUT2D eigenvalue weighted by molar-refractivity contribution is 9.10. The van der Waals surface area contributed by atoms with E-state index in [4.69, 9.17) is 5.11 Å². The fourth-order valence-corrected chi connectivity index (χ4v) is 1.71. The molecule has 0 bridgehead atoms. The van der Waals surface area contributed by atoms with Crippen LogP contribution in [-0.4, -0.2) is 16.8 Å². The Hall–Kier alpha value is -0.380. The van der Waals surface area contributed by atoms with Crippen LogP contribution in [0.5, 0.6) is 0 Å². The molecule has 0 saturated heterocycles. The second kappa shape index (κ2) is 4.74. The molecule has 72 valence electrons. The largest absolute Gasteiger partial charge is 0.396 e. The lowest BCUT2D eigenvalue weighted by molar-refractivity contribution is 0.133. The van der Waals surface area contributed by atoms with Crippen molar-refractivity contribution in [2.75, 3.05) is 6.61 Å². The van der Waals surface area contributed by atoms with E-state index in [-0.39, 0.29) is 6.61 Å². The minimum Gasteiger partial charge on any atom is -0.396 e. The Kier molecular flexibility index (Phi) is 3.90. The summed E-state index contributed by atoms with van der Waals surface area (Å²) in [5.41, 5.74) is 1.95. The van der Waals surface area contributed by atoms with Crippen molar-refractivity contribution in [3.63, 3.8) is 0 Å². The zero-order valence-corrected chi connectivity index (χ0v) is 9.08. The van der Waals surface area contributed by atoms with E-state index in [2.05, 4.69) is 15.9 Å². The molecule has 1 unspecified atom stereocenters. The summed E-state index contributed by atoms with van der Waals surface area (Å²) in [4.78, 5) is 0. The van der Waals surface area contributed by atoms with Gasteiger partial charge in [-0.25, -0.2) is 0 Å². The molecule has 1 aromatic carbocycles. The number of aryl methyl sites for hydroxylation is 1. The second-order valence-electron chi connectivity index (χ2n) is 3.05. The van der Waals surface area contributed by atoms with E-state index in [1.165, 1.54) is 0 Å². The lowest BCUT2D eigenvalue weighted by Gasteiger charge is -2.11. The van der Waals surface area contributed by atoms with Gasteiger partial charge in [-0.3, -0.25) is 0 Å². The Morgan fingerprint density at radius 1 is 1.46 bits per heavy atom. The zero-order chi connectivity index (χ0) is 9.84. The molecule has 1 atom stereocenters. The number of hydrogen-bond donors (Lipinski definition) is 2. The maximum Gasteiger partial charge on any atom is 0.0822 e. The van der Waals surface area contributed by atoms with Crippen LogP contribution in [0.1, 0.15) is 23.7 Å². The van der Waals surface area contributed by atoms with Crippen LogP contribution in [0.15, 0.2) is 22.7 Å². The molecule has 0 radical (unpaired) electrons. The summed E-state index contributed by atoms with van der Waals surface area (Å²) in [6, 6.07) is 5.80. The summed E-state index contributed by atoms with van der Waals surface area (Å²) in [6.07, 6.45) is -0.207. The van der Waals surface area contributed by atoms with E-state index in [0.717, 1.165) is 15.6 Å². The molecule has 0 aliphatic heterocycles. The molecule has 1 rings (SSSR count). The van der Waals surface area contributed by atoms with Gasteiger partial charge >= 0.3 is 0 Å². The Bertz CT molecular complexity index is 286. The molecule has 1 aromatic rings. The third-order valence-corrected chi connectivity index (χ3v) is 2.64. The molecule has 13 heavy (non-hydrogen) atoms. The Morgan fingerprint density at radius 3 is 2.77 bits per heavy atom. The zero-order valence-electron chi connectivity index (χ0n) is 7.50. The highest BCUT2D eigenvalue weighted by Gasteiger charge is 2.10. The summed E-state index contributed by atoms with van der Waals surface area (Å²) in [5.74, 6) is 0. The summed E-state index contributed by atoms with van der Waals surface area (Å²) in [6.45, 7) is 1.98. The van der Waals surface area contributed by atoms with Crippen LogP contribution in [0.3, 0.4) is 0 Å². The van der Waals surface area contributed by atoms with Crippen molar-refractivity contribution < 1.29 is 10.2 Å². The first-order chi connectivity index (χ1) is 6.15. The third kappa shape index (κ3) is 2.79. The fraction of sp³-hybridized carbons (Fsp3) is 0.400. The predicted molar refractivity (Wildman–Crippen MR) is 55.5 cm³/mol. The lowest BCUT2D eigenvalue weighted by atomic mass is 10.0. The van der Waals surface area contributed by atoms with Crippen LogP contribution >= 0.6 is 15.9 Å². The molecule has 0 fully saturated rings. The Balaban J connectivity index is 2.91. The van der Waals surface area contributed by atoms with E-state index < -0.39 is 6.10 Å². The van der Waals surface area contributed by atoms with Crippen molar-refractivity contribution in [1.29, 1.82) is 0 Å². The Morgan fingerprint density at radius 2 is 2.15 bits per heavy atom. The SMILES string of the molecule is Cc1ccc(Br)c(C(O)CCO)c1. The average Bonchev–Trinajstić information content (AvgIpc) is 2.09. The van der Waals surface area contributed by atoms with E-state index >= 15 is 0 Å². The topological polar surface area (TPSA) is 40.5 Å². The molecule has 0 aromatic heterocycles. The minimum absolute atomic E-state index is 0.00154. The van der Waals surface area contributed by atoms with E-state index in [1.807, 2.05) is 25.1 Å². The van der Waals surface area contributed by atoms with Crippen molar-refractivity contribution in [2.24, 2.45) is 0 Å². The molecule has 3 heteroatoms. The van der Waals surface area contributed by atoms with Crippen molar-refractivity contribution in [1.82, 2.24) is 0 Å². The smallest absolute Gasteiger partial charge is 0.0822 e. The average molecular weight is 245 g/mol. The number of aliphatic hydroxyl groups is 2. The molecular weight excluding hydrogens is 232 g/mol. The highest BCUT2D eigenvalue weighted by atomic mass is 79.9. The van der Waals surface area contributed by atoms with Gasteiger partial charge < -0.3 is 10.2 Å². The molecule has 0 spiro atoms. The molecular formula is C10H13BrO2. The van der Waals surface area contributed by atoms with Gasteiger partial charge in [-0.05, 0) is 18.6 Å². The summed E-state index contributed by atoms with van der Waals surface area (Å²) in [7, 11) is 0. The van der Waals surface area contributed by atoms with Gasteiger partial charge in [-0.1, -0.05) is 33.6 Å². The molecule has 0 aliphatic carbocycles. The van der Waals surface area contributed by atoms with Crippen LogP contribution in [0, 0.1) is 6.92 Å². The van der Waals surface area contributed by atoms with Crippen molar-refractivity contribution in [3.8, 4) is 0 Å².